The number of halogens is 1. The van der Waals surface area contributed by atoms with Crippen molar-refractivity contribution in [1.82, 2.24) is 0 Å². The molecular weight excluding hydrogens is 254 g/mol. The van der Waals surface area contributed by atoms with Gasteiger partial charge >= 0.3 is 0 Å². The summed E-state index contributed by atoms with van der Waals surface area (Å²) in [5, 5.41) is 11.3. The molecule has 1 heterocycles. The lowest BCUT2D eigenvalue weighted by molar-refractivity contribution is -0.384. The van der Waals surface area contributed by atoms with E-state index in [2.05, 4.69) is 6.92 Å². The Labute approximate surface area is 111 Å². The molecule has 1 fully saturated rings. The van der Waals surface area contributed by atoms with Crippen molar-refractivity contribution in [2.24, 2.45) is 0 Å². The minimum atomic E-state index is -0.401. The number of nitro groups is 1. The summed E-state index contributed by atoms with van der Waals surface area (Å²) < 4.78 is 0. The molecule has 2 N–H and O–H groups in total. The molecule has 1 atom stereocenters. The van der Waals surface area contributed by atoms with Gasteiger partial charge in [0, 0.05) is 18.7 Å². The van der Waals surface area contributed by atoms with Gasteiger partial charge in [0.05, 0.1) is 15.6 Å². The molecule has 98 valence electrons. The van der Waals surface area contributed by atoms with Crippen LogP contribution in [0.5, 0.6) is 0 Å². The third-order valence-corrected chi connectivity index (χ3v) is 3.73. The molecule has 1 aliphatic rings. The fourth-order valence-corrected chi connectivity index (χ4v) is 2.56. The van der Waals surface area contributed by atoms with E-state index in [0.29, 0.717) is 11.4 Å². The van der Waals surface area contributed by atoms with Crippen molar-refractivity contribution in [2.75, 3.05) is 17.2 Å². The predicted molar refractivity (Wildman–Crippen MR) is 73.2 cm³/mol. The molecule has 0 aliphatic carbocycles. The summed E-state index contributed by atoms with van der Waals surface area (Å²) >= 11 is 5.86. The zero-order valence-corrected chi connectivity index (χ0v) is 11.0. The number of anilines is 2. The maximum Gasteiger partial charge on any atom is 0.294 e. The van der Waals surface area contributed by atoms with E-state index in [9.17, 15) is 10.1 Å². The van der Waals surface area contributed by atoms with E-state index in [0.717, 1.165) is 25.8 Å². The second-order valence-electron chi connectivity index (χ2n) is 4.66. The van der Waals surface area contributed by atoms with Gasteiger partial charge in [-0.2, -0.15) is 0 Å². The summed E-state index contributed by atoms with van der Waals surface area (Å²) in [5.41, 5.74) is 6.75. The molecule has 0 saturated carbocycles. The molecule has 0 aromatic heterocycles. The first-order chi connectivity index (χ1) is 8.50. The predicted octanol–water partition coefficient (Wildman–Crippen LogP) is 3.21. The lowest BCUT2D eigenvalue weighted by atomic mass is 10.0. The van der Waals surface area contributed by atoms with Crippen LogP contribution in [-0.2, 0) is 0 Å². The van der Waals surface area contributed by atoms with Crippen molar-refractivity contribution in [1.29, 1.82) is 0 Å². The molecule has 0 spiro atoms. The normalized spacial score (nSPS) is 19.9. The van der Waals surface area contributed by atoms with Crippen molar-refractivity contribution in [3.05, 3.63) is 27.3 Å². The molecule has 6 heteroatoms. The van der Waals surface area contributed by atoms with E-state index in [4.69, 9.17) is 17.3 Å². The van der Waals surface area contributed by atoms with E-state index < -0.39 is 4.92 Å². The minimum Gasteiger partial charge on any atom is -0.397 e. The lowest BCUT2D eigenvalue weighted by Gasteiger charge is -2.35. The molecule has 18 heavy (non-hydrogen) atoms. The smallest absolute Gasteiger partial charge is 0.294 e. The standard InChI is InChI=1S/C12H16ClN3O2/c1-8-4-2-3-5-15(8)11-7-10(14)9(13)6-12(11)16(17)18/h6-8H,2-5,14H2,1H3. The average Bonchev–Trinajstić information content (AvgIpc) is 2.32. The van der Waals surface area contributed by atoms with E-state index in [1.807, 2.05) is 4.90 Å². The lowest BCUT2D eigenvalue weighted by Crippen LogP contribution is -2.37. The molecule has 0 radical (unpaired) electrons. The van der Waals surface area contributed by atoms with Crippen LogP contribution in [0.25, 0.3) is 0 Å². The van der Waals surface area contributed by atoms with Crippen LogP contribution in [0.15, 0.2) is 12.1 Å². The zero-order valence-electron chi connectivity index (χ0n) is 10.2. The maximum absolute atomic E-state index is 11.1. The first-order valence-corrected chi connectivity index (χ1v) is 6.38. The van der Waals surface area contributed by atoms with Gasteiger partial charge in [-0.15, -0.1) is 0 Å². The second-order valence-corrected chi connectivity index (χ2v) is 5.06. The van der Waals surface area contributed by atoms with Gasteiger partial charge in [-0.1, -0.05) is 11.6 Å². The van der Waals surface area contributed by atoms with Gasteiger partial charge in [-0.05, 0) is 32.3 Å². The van der Waals surface area contributed by atoms with Crippen LogP contribution >= 0.6 is 11.6 Å². The Balaban J connectivity index is 2.47. The molecular formula is C12H16ClN3O2. The molecule has 0 bridgehead atoms. The number of benzene rings is 1. The molecule has 1 aromatic rings. The van der Waals surface area contributed by atoms with Crippen molar-refractivity contribution >= 4 is 28.7 Å². The van der Waals surface area contributed by atoms with Crippen LogP contribution in [0.1, 0.15) is 26.2 Å². The van der Waals surface area contributed by atoms with Crippen LogP contribution in [0.4, 0.5) is 17.1 Å². The van der Waals surface area contributed by atoms with Crippen LogP contribution in [0, 0.1) is 10.1 Å². The molecule has 0 amide bonds. The monoisotopic (exact) mass is 269 g/mol. The summed E-state index contributed by atoms with van der Waals surface area (Å²) in [7, 11) is 0. The van der Waals surface area contributed by atoms with E-state index >= 15 is 0 Å². The van der Waals surface area contributed by atoms with Crippen LogP contribution in [0.2, 0.25) is 5.02 Å². The summed E-state index contributed by atoms with van der Waals surface area (Å²) in [6, 6.07) is 3.24. The Morgan fingerprint density at radius 2 is 2.22 bits per heavy atom. The number of nitrogens with two attached hydrogens (primary N) is 1. The maximum atomic E-state index is 11.1. The second kappa shape index (κ2) is 5.02. The summed E-state index contributed by atoms with van der Waals surface area (Å²) in [6.45, 7) is 2.90. The van der Waals surface area contributed by atoms with Gasteiger partial charge in [0.25, 0.3) is 5.69 Å². The van der Waals surface area contributed by atoms with E-state index in [1.165, 1.54) is 6.07 Å². The Morgan fingerprint density at radius 3 is 2.83 bits per heavy atom. The highest BCUT2D eigenvalue weighted by Crippen LogP contribution is 2.37. The highest BCUT2D eigenvalue weighted by atomic mass is 35.5. The first-order valence-electron chi connectivity index (χ1n) is 6.00. The molecule has 5 nitrogen and oxygen atoms in total. The molecule has 2 rings (SSSR count). The number of nitrogen functional groups attached to an aromatic ring is 1. The Morgan fingerprint density at radius 1 is 1.50 bits per heavy atom. The molecule has 1 aromatic carbocycles. The van der Waals surface area contributed by atoms with Crippen molar-refractivity contribution in [3.8, 4) is 0 Å². The van der Waals surface area contributed by atoms with Crippen LogP contribution in [-0.4, -0.2) is 17.5 Å². The van der Waals surface area contributed by atoms with Gasteiger partial charge in [0.2, 0.25) is 0 Å². The van der Waals surface area contributed by atoms with Crippen LogP contribution in [0.3, 0.4) is 0 Å². The highest BCUT2D eigenvalue weighted by Gasteiger charge is 2.26. The van der Waals surface area contributed by atoms with E-state index in [-0.39, 0.29) is 16.8 Å². The van der Waals surface area contributed by atoms with Gasteiger partial charge in [-0.25, -0.2) is 0 Å². The number of nitro benzene ring substituents is 1. The number of piperidine rings is 1. The van der Waals surface area contributed by atoms with Gasteiger partial charge in [0.1, 0.15) is 5.69 Å². The van der Waals surface area contributed by atoms with Crippen molar-refractivity contribution < 1.29 is 4.92 Å². The Kier molecular flexibility index (Phi) is 3.61. The summed E-state index contributed by atoms with van der Waals surface area (Å²) in [4.78, 5) is 12.8. The summed E-state index contributed by atoms with van der Waals surface area (Å²) in [6.07, 6.45) is 3.25. The first kappa shape index (κ1) is 13.0. The molecule has 1 aliphatic heterocycles. The van der Waals surface area contributed by atoms with Gasteiger partial charge in [-0.3, -0.25) is 10.1 Å². The van der Waals surface area contributed by atoms with Gasteiger partial charge in [0.15, 0.2) is 0 Å². The SMILES string of the molecule is CC1CCCCN1c1cc(N)c(Cl)cc1[N+](=O)[O-]. The number of nitrogens with zero attached hydrogens (tertiary/aromatic N) is 2. The van der Waals surface area contributed by atoms with Gasteiger partial charge < -0.3 is 10.6 Å². The van der Waals surface area contributed by atoms with Crippen molar-refractivity contribution in [3.63, 3.8) is 0 Å². The quantitative estimate of drug-likeness (QED) is 0.508. The largest absolute Gasteiger partial charge is 0.397 e. The number of rotatable bonds is 2. The Hall–Kier alpha value is -1.49. The zero-order chi connectivity index (χ0) is 13.3. The van der Waals surface area contributed by atoms with Crippen molar-refractivity contribution in [2.45, 2.75) is 32.2 Å². The number of hydrogen-bond donors (Lipinski definition) is 1. The Bertz CT molecular complexity index is 479. The minimum absolute atomic E-state index is 0.0305. The molecule has 1 unspecified atom stereocenters. The third kappa shape index (κ3) is 2.36. The van der Waals surface area contributed by atoms with E-state index in [1.54, 1.807) is 6.07 Å². The highest BCUT2D eigenvalue weighted by molar-refractivity contribution is 6.33. The molecule has 1 saturated heterocycles. The van der Waals surface area contributed by atoms with Crippen LogP contribution < -0.4 is 10.6 Å². The topological polar surface area (TPSA) is 72.4 Å². The summed E-state index contributed by atoms with van der Waals surface area (Å²) in [5.74, 6) is 0. The number of hydrogen-bond acceptors (Lipinski definition) is 4. The third-order valence-electron chi connectivity index (χ3n) is 3.40. The fraction of sp³-hybridized carbons (Fsp3) is 0.500. The average molecular weight is 270 g/mol. The fourth-order valence-electron chi connectivity index (χ4n) is 2.40.